The van der Waals surface area contributed by atoms with Gasteiger partial charge in [0.15, 0.2) is 0 Å². The summed E-state index contributed by atoms with van der Waals surface area (Å²) in [6.07, 6.45) is 0. The number of benzene rings is 2. The van der Waals surface area contributed by atoms with Gasteiger partial charge in [-0.15, -0.1) is 0 Å². The second-order valence-corrected chi connectivity index (χ2v) is 4.59. The third-order valence-corrected chi connectivity index (χ3v) is 3.31. The Hall–Kier alpha value is -2.70. The number of hydrogen-bond donors (Lipinski definition) is 1. The molecule has 1 aromatic heterocycles. The molecule has 3 rings (SSSR count). The van der Waals surface area contributed by atoms with Gasteiger partial charge in [-0.2, -0.15) is 5.26 Å². The summed E-state index contributed by atoms with van der Waals surface area (Å²) in [6.45, 7) is 0.467. The number of aromatic nitrogens is 1. The molecular formula is C17H13N3. The first kappa shape index (κ1) is 12.3. The average molecular weight is 259 g/mol. The molecule has 0 saturated carbocycles. The Labute approximate surface area is 117 Å². The highest BCUT2D eigenvalue weighted by Gasteiger charge is 2.08. The van der Waals surface area contributed by atoms with Crippen molar-refractivity contribution in [3.05, 3.63) is 65.9 Å². The maximum atomic E-state index is 9.16. The smallest absolute Gasteiger partial charge is 0.141 e. The lowest BCUT2D eigenvalue weighted by Gasteiger charge is -2.08. The highest BCUT2D eigenvalue weighted by molar-refractivity contribution is 5.95. The van der Waals surface area contributed by atoms with Crippen molar-refractivity contribution < 1.29 is 0 Å². The molecule has 0 aliphatic carbocycles. The SMILES string of the molecule is N#Cc1cc(-c2ccccc2)c2ccc(CN)cc2n1. The zero-order valence-electron chi connectivity index (χ0n) is 10.9. The third-order valence-electron chi connectivity index (χ3n) is 3.31. The second-order valence-electron chi connectivity index (χ2n) is 4.59. The van der Waals surface area contributed by atoms with Crippen LogP contribution in [0.15, 0.2) is 54.6 Å². The monoisotopic (exact) mass is 259 g/mol. The van der Waals surface area contributed by atoms with E-state index in [1.165, 1.54) is 0 Å². The molecule has 0 bridgehead atoms. The van der Waals surface area contributed by atoms with Crippen molar-refractivity contribution in [3.8, 4) is 17.2 Å². The number of nitrogens with two attached hydrogens (primary N) is 1. The summed E-state index contributed by atoms with van der Waals surface area (Å²) in [5.41, 5.74) is 10.0. The van der Waals surface area contributed by atoms with Gasteiger partial charge in [0, 0.05) is 11.9 Å². The molecule has 3 heteroatoms. The molecule has 0 unspecified atom stereocenters. The minimum absolute atomic E-state index is 0.422. The molecule has 0 amide bonds. The van der Waals surface area contributed by atoms with Crippen LogP contribution in [0.3, 0.4) is 0 Å². The Morgan fingerprint density at radius 1 is 1.05 bits per heavy atom. The maximum Gasteiger partial charge on any atom is 0.141 e. The van der Waals surface area contributed by atoms with E-state index in [2.05, 4.69) is 11.1 Å². The molecule has 2 aromatic carbocycles. The lowest BCUT2D eigenvalue weighted by molar-refractivity contribution is 1.07. The van der Waals surface area contributed by atoms with Crippen molar-refractivity contribution in [1.82, 2.24) is 4.98 Å². The van der Waals surface area contributed by atoms with Crippen molar-refractivity contribution in [1.29, 1.82) is 5.26 Å². The van der Waals surface area contributed by atoms with E-state index in [9.17, 15) is 0 Å². The third kappa shape index (κ3) is 2.13. The van der Waals surface area contributed by atoms with Gasteiger partial charge >= 0.3 is 0 Å². The zero-order valence-corrected chi connectivity index (χ0v) is 10.9. The summed E-state index contributed by atoms with van der Waals surface area (Å²) in [6, 6.07) is 20.0. The van der Waals surface area contributed by atoms with E-state index in [0.29, 0.717) is 12.2 Å². The lowest BCUT2D eigenvalue weighted by atomic mass is 9.99. The topological polar surface area (TPSA) is 62.7 Å². The van der Waals surface area contributed by atoms with Gasteiger partial charge in [-0.1, -0.05) is 42.5 Å². The molecule has 0 aliphatic heterocycles. The van der Waals surface area contributed by atoms with E-state index < -0.39 is 0 Å². The minimum atomic E-state index is 0.422. The van der Waals surface area contributed by atoms with Gasteiger partial charge in [-0.3, -0.25) is 0 Å². The second kappa shape index (κ2) is 5.12. The maximum absolute atomic E-state index is 9.16. The van der Waals surface area contributed by atoms with E-state index >= 15 is 0 Å². The van der Waals surface area contributed by atoms with Gasteiger partial charge < -0.3 is 5.73 Å². The molecule has 0 fully saturated rings. The van der Waals surface area contributed by atoms with Gasteiger partial charge in [0.2, 0.25) is 0 Å². The summed E-state index contributed by atoms with van der Waals surface area (Å²) in [5.74, 6) is 0. The predicted molar refractivity (Wildman–Crippen MR) is 79.8 cm³/mol. The Morgan fingerprint density at radius 3 is 2.55 bits per heavy atom. The molecule has 0 atom stereocenters. The minimum Gasteiger partial charge on any atom is -0.326 e. The predicted octanol–water partition coefficient (Wildman–Crippen LogP) is 3.23. The Morgan fingerprint density at radius 2 is 1.85 bits per heavy atom. The first-order chi connectivity index (χ1) is 9.81. The van der Waals surface area contributed by atoms with Crippen molar-refractivity contribution in [2.75, 3.05) is 0 Å². The van der Waals surface area contributed by atoms with Gasteiger partial charge in [-0.25, -0.2) is 4.98 Å². The Kier molecular flexibility index (Phi) is 3.16. The molecule has 0 saturated heterocycles. The fraction of sp³-hybridized carbons (Fsp3) is 0.0588. The fourth-order valence-corrected chi connectivity index (χ4v) is 2.31. The first-order valence-corrected chi connectivity index (χ1v) is 6.41. The highest BCUT2D eigenvalue weighted by atomic mass is 14.7. The number of nitriles is 1. The van der Waals surface area contributed by atoms with E-state index in [1.54, 1.807) is 0 Å². The summed E-state index contributed by atoms with van der Waals surface area (Å²) in [4.78, 5) is 4.37. The van der Waals surface area contributed by atoms with Crippen LogP contribution in [0.25, 0.3) is 22.0 Å². The normalized spacial score (nSPS) is 10.4. The molecule has 2 N–H and O–H groups in total. The highest BCUT2D eigenvalue weighted by Crippen LogP contribution is 2.29. The zero-order chi connectivity index (χ0) is 13.9. The van der Waals surface area contributed by atoms with Crippen LogP contribution in [-0.2, 0) is 6.54 Å². The molecule has 0 aliphatic rings. The van der Waals surface area contributed by atoms with Crippen LogP contribution in [0, 0.1) is 11.3 Å². The van der Waals surface area contributed by atoms with Crippen LogP contribution in [0.1, 0.15) is 11.3 Å². The molecule has 20 heavy (non-hydrogen) atoms. The summed E-state index contributed by atoms with van der Waals surface area (Å²) < 4.78 is 0. The van der Waals surface area contributed by atoms with Crippen molar-refractivity contribution >= 4 is 10.9 Å². The van der Waals surface area contributed by atoms with Crippen molar-refractivity contribution in [3.63, 3.8) is 0 Å². The van der Waals surface area contributed by atoms with Crippen LogP contribution >= 0.6 is 0 Å². The summed E-state index contributed by atoms with van der Waals surface area (Å²) in [7, 11) is 0. The number of hydrogen-bond acceptors (Lipinski definition) is 3. The number of fused-ring (bicyclic) bond motifs is 1. The fourth-order valence-electron chi connectivity index (χ4n) is 2.31. The standard InChI is InChI=1S/C17H13N3/c18-10-12-6-7-15-16(13-4-2-1-3-5-13)9-14(11-19)20-17(15)8-12/h1-9H,10,18H2. The van der Waals surface area contributed by atoms with E-state index in [1.807, 2.05) is 54.6 Å². The quantitative estimate of drug-likeness (QED) is 0.768. The number of pyridine rings is 1. The Balaban J connectivity index is 2.33. The van der Waals surface area contributed by atoms with Crippen LogP contribution < -0.4 is 5.73 Å². The molecule has 96 valence electrons. The van der Waals surface area contributed by atoms with Gasteiger partial charge in [0.25, 0.3) is 0 Å². The van der Waals surface area contributed by atoms with Crippen molar-refractivity contribution in [2.24, 2.45) is 5.73 Å². The van der Waals surface area contributed by atoms with Gasteiger partial charge in [0.05, 0.1) is 5.52 Å². The van der Waals surface area contributed by atoms with E-state index in [0.717, 1.165) is 27.6 Å². The summed E-state index contributed by atoms with van der Waals surface area (Å²) in [5, 5.41) is 10.2. The molecule has 0 spiro atoms. The van der Waals surface area contributed by atoms with Crippen LogP contribution in [0.2, 0.25) is 0 Å². The van der Waals surface area contributed by atoms with Gasteiger partial charge in [-0.05, 0) is 28.8 Å². The molecular weight excluding hydrogens is 246 g/mol. The molecule has 3 aromatic rings. The van der Waals surface area contributed by atoms with Crippen LogP contribution in [0.5, 0.6) is 0 Å². The van der Waals surface area contributed by atoms with Crippen LogP contribution in [0.4, 0.5) is 0 Å². The van der Waals surface area contributed by atoms with Gasteiger partial charge in [0.1, 0.15) is 11.8 Å². The Bertz CT molecular complexity index is 802. The summed E-state index contributed by atoms with van der Waals surface area (Å²) >= 11 is 0. The van der Waals surface area contributed by atoms with Crippen LogP contribution in [-0.4, -0.2) is 4.98 Å². The van der Waals surface area contributed by atoms with Crippen molar-refractivity contribution in [2.45, 2.75) is 6.54 Å². The average Bonchev–Trinajstić information content (AvgIpc) is 2.53. The molecule has 1 heterocycles. The molecule has 0 radical (unpaired) electrons. The number of rotatable bonds is 2. The van der Waals surface area contributed by atoms with E-state index in [4.69, 9.17) is 11.0 Å². The first-order valence-electron chi connectivity index (χ1n) is 6.41. The number of nitrogens with zero attached hydrogens (tertiary/aromatic N) is 2. The lowest BCUT2D eigenvalue weighted by Crippen LogP contribution is -1.97. The molecule has 3 nitrogen and oxygen atoms in total. The van der Waals surface area contributed by atoms with E-state index in [-0.39, 0.29) is 0 Å². The largest absolute Gasteiger partial charge is 0.326 e.